The first-order valence-electron chi connectivity index (χ1n) is 5.80. The number of aromatic nitrogens is 2. The molecule has 0 aliphatic heterocycles. The van der Waals surface area contributed by atoms with E-state index in [4.69, 9.17) is 10.6 Å². The van der Waals surface area contributed by atoms with Crippen LogP contribution >= 0.6 is 0 Å². The molecule has 0 amide bonds. The molecule has 3 N–H and O–H groups in total. The number of rotatable bonds is 4. The number of ether oxygens (including phenoxy) is 1. The van der Waals surface area contributed by atoms with Crippen molar-refractivity contribution in [3.8, 4) is 11.6 Å². The molecule has 18 heavy (non-hydrogen) atoms. The molecule has 0 radical (unpaired) electrons. The molecule has 1 heterocycles. The Kier molecular flexibility index (Phi) is 3.74. The second kappa shape index (κ2) is 5.46. The van der Waals surface area contributed by atoms with Gasteiger partial charge in [-0.25, -0.2) is 10.8 Å². The van der Waals surface area contributed by atoms with Crippen LogP contribution in [0.5, 0.6) is 11.6 Å². The van der Waals surface area contributed by atoms with Crippen molar-refractivity contribution in [1.82, 2.24) is 9.97 Å². The van der Waals surface area contributed by atoms with Crippen LogP contribution in [0.3, 0.4) is 0 Å². The lowest BCUT2D eigenvalue weighted by Gasteiger charge is -2.08. The SMILES string of the molecule is CCc1nc(NN)cc(Oc2cccc(C)c2)n1. The Labute approximate surface area is 106 Å². The van der Waals surface area contributed by atoms with Gasteiger partial charge in [-0.15, -0.1) is 0 Å². The van der Waals surface area contributed by atoms with Gasteiger partial charge < -0.3 is 10.2 Å². The molecule has 0 aliphatic rings. The number of nitrogens with one attached hydrogen (secondary N) is 1. The van der Waals surface area contributed by atoms with Gasteiger partial charge in [0.25, 0.3) is 0 Å². The average Bonchev–Trinajstić information content (AvgIpc) is 2.38. The Morgan fingerprint density at radius 3 is 2.78 bits per heavy atom. The summed E-state index contributed by atoms with van der Waals surface area (Å²) in [4.78, 5) is 8.50. The minimum atomic E-state index is 0.486. The Bertz CT molecular complexity index is 520. The molecule has 1 aromatic carbocycles. The fraction of sp³-hybridized carbons (Fsp3) is 0.231. The van der Waals surface area contributed by atoms with Crippen LogP contribution in [0.4, 0.5) is 5.82 Å². The van der Waals surface area contributed by atoms with E-state index in [9.17, 15) is 0 Å². The van der Waals surface area contributed by atoms with E-state index in [0.717, 1.165) is 17.7 Å². The average molecular weight is 244 g/mol. The van der Waals surface area contributed by atoms with Gasteiger partial charge in [-0.2, -0.15) is 4.98 Å². The number of anilines is 1. The standard InChI is InChI=1S/C13H16N4O/c1-3-11-15-12(17-14)8-13(16-11)18-10-6-4-5-9(2)7-10/h4-8H,3,14H2,1-2H3,(H,15,16,17). The molecule has 0 unspecified atom stereocenters. The topological polar surface area (TPSA) is 73.1 Å². The fourth-order valence-electron chi connectivity index (χ4n) is 1.56. The second-order valence-corrected chi connectivity index (χ2v) is 3.92. The summed E-state index contributed by atoms with van der Waals surface area (Å²) in [5, 5.41) is 0. The van der Waals surface area contributed by atoms with Gasteiger partial charge in [-0.3, -0.25) is 0 Å². The molecule has 0 aliphatic carbocycles. The van der Waals surface area contributed by atoms with Crippen LogP contribution in [0, 0.1) is 6.92 Å². The van der Waals surface area contributed by atoms with Gasteiger partial charge in [-0.1, -0.05) is 19.1 Å². The number of aryl methyl sites for hydroxylation is 2. The summed E-state index contributed by atoms with van der Waals surface area (Å²) in [6.07, 6.45) is 0.722. The lowest BCUT2D eigenvalue weighted by atomic mass is 10.2. The summed E-state index contributed by atoms with van der Waals surface area (Å²) < 4.78 is 5.70. The first kappa shape index (κ1) is 12.3. The molecule has 2 rings (SSSR count). The first-order valence-corrected chi connectivity index (χ1v) is 5.80. The summed E-state index contributed by atoms with van der Waals surface area (Å²) in [6.45, 7) is 3.99. The van der Waals surface area contributed by atoms with E-state index < -0.39 is 0 Å². The van der Waals surface area contributed by atoms with Gasteiger partial charge in [0.1, 0.15) is 17.4 Å². The number of nitrogen functional groups attached to an aromatic ring is 1. The maximum Gasteiger partial charge on any atom is 0.224 e. The van der Waals surface area contributed by atoms with Gasteiger partial charge >= 0.3 is 0 Å². The molecule has 0 saturated heterocycles. The highest BCUT2D eigenvalue weighted by atomic mass is 16.5. The predicted octanol–water partition coefficient (Wildman–Crippen LogP) is 2.43. The molecule has 5 nitrogen and oxygen atoms in total. The third-order valence-corrected chi connectivity index (χ3v) is 2.43. The normalized spacial score (nSPS) is 10.2. The lowest BCUT2D eigenvalue weighted by Crippen LogP contribution is -2.10. The minimum Gasteiger partial charge on any atom is -0.439 e. The summed E-state index contributed by atoms with van der Waals surface area (Å²) in [5.41, 5.74) is 3.64. The van der Waals surface area contributed by atoms with Gasteiger partial charge in [0.05, 0.1) is 0 Å². The molecule has 1 aromatic heterocycles. The van der Waals surface area contributed by atoms with E-state index in [1.54, 1.807) is 6.07 Å². The van der Waals surface area contributed by atoms with E-state index in [0.29, 0.717) is 17.5 Å². The monoisotopic (exact) mass is 244 g/mol. The van der Waals surface area contributed by atoms with E-state index in [1.807, 2.05) is 38.1 Å². The lowest BCUT2D eigenvalue weighted by molar-refractivity contribution is 0.459. The van der Waals surface area contributed by atoms with Crippen molar-refractivity contribution in [2.24, 2.45) is 5.84 Å². The number of hydrogen-bond donors (Lipinski definition) is 2. The van der Waals surface area contributed by atoms with E-state index in [1.165, 1.54) is 0 Å². The molecule has 0 saturated carbocycles. The number of nitrogens with zero attached hydrogens (tertiary/aromatic N) is 2. The van der Waals surface area contributed by atoms with Gasteiger partial charge in [0, 0.05) is 12.5 Å². The predicted molar refractivity (Wildman–Crippen MR) is 70.5 cm³/mol. The highest BCUT2D eigenvalue weighted by Gasteiger charge is 2.05. The molecular formula is C13H16N4O. The molecule has 2 aromatic rings. The van der Waals surface area contributed by atoms with Crippen LogP contribution < -0.4 is 16.0 Å². The summed E-state index contributed by atoms with van der Waals surface area (Å²) in [6, 6.07) is 9.45. The number of hydrazine groups is 1. The molecule has 0 atom stereocenters. The smallest absolute Gasteiger partial charge is 0.224 e. The molecule has 94 valence electrons. The van der Waals surface area contributed by atoms with Crippen molar-refractivity contribution in [2.75, 3.05) is 5.43 Å². The molecule has 0 fully saturated rings. The van der Waals surface area contributed by atoms with Crippen LogP contribution in [-0.4, -0.2) is 9.97 Å². The third-order valence-electron chi connectivity index (χ3n) is 2.43. The van der Waals surface area contributed by atoms with Crippen LogP contribution in [0.15, 0.2) is 30.3 Å². The number of benzene rings is 1. The van der Waals surface area contributed by atoms with E-state index >= 15 is 0 Å². The quantitative estimate of drug-likeness (QED) is 0.638. The van der Waals surface area contributed by atoms with Crippen molar-refractivity contribution < 1.29 is 4.74 Å². The van der Waals surface area contributed by atoms with E-state index in [2.05, 4.69) is 15.4 Å². The number of hydrogen-bond acceptors (Lipinski definition) is 5. The van der Waals surface area contributed by atoms with Crippen molar-refractivity contribution in [2.45, 2.75) is 20.3 Å². The minimum absolute atomic E-state index is 0.486. The largest absolute Gasteiger partial charge is 0.439 e. The van der Waals surface area contributed by atoms with Crippen molar-refractivity contribution >= 4 is 5.82 Å². The zero-order valence-electron chi connectivity index (χ0n) is 10.5. The highest BCUT2D eigenvalue weighted by molar-refractivity contribution is 5.39. The molecular weight excluding hydrogens is 228 g/mol. The maximum atomic E-state index is 5.70. The Morgan fingerprint density at radius 2 is 2.11 bits per heavy atom. The van der Waals surface area contributed by atoms with Crippen LogP contribution in [0.25, 0.3) is 0 Å². The van der Waals surface area contributed by atoms with Gasteiger partial charge in [0.15, 0.2) is 0 Å². The zero-order chi connectivity index (χ0) is 13.0. The van der Waals surface area contributed by atoms with Crippen molar-refractivity contribution in [1.29, 1.82) is 0 Å². The summed E-state index contributed by atoms with van der Waals surface area (Å²) >= 11 is 0. The third kappa shape index (κ3) is 2.95. The van der Waals surface area contributed by atoms with E-state index in [-0.39, 0.29) is 0 Å². The molecule has 0 bridgehead atoms. The van der Waals surface area contributed by atoms with Gasteiger partial charge in [0.2, 0.25) is 5.88 Å². The number of nitrogens with two attached hydrogens (primary N) is 1. The Hall–Kier alpha value is -2.14. The zero-order valence-corrected chi connectivity index (χ0v) is 10.5. The van der Waals surface area contributed by atoms with Crippen LogP contribution in [0.1, 0.15) is 18.3 Å². The first-order chi connectivity index (χ1) is 8.71. The van der Waals surface area contributed by atoms with Crippen LogP contribution in [0.2, 0.25) is 0 Å². The Morgan fingerprint density at radius 1 is 1.28 bits per heavy atom. The van der Waals surface area contributed by atoms with Crippen molar-refractivity contribution in [3.05, 3.63) is 41.7 Å². The Balaban J connectivity index is 2.28. The summed E-state index contributed by atoms with van der Waals surface area (Å²) in [5.74, 6) is 7.83. The molecule has 0 spiro atoms. The molecule has 5 heteroatoms. The second-order valence-electron chi connectivity index (χ2n) is 3.92. The maximum absolute atomic E-state index is 5.70. The highest BCUT2D eigenvalue weighted by Crippen LogP contribution is 2.22. The summed E-state index contributed by atoms with van der Waals surface area (Å²) in [7, 11) is 0. The van der Waals surface area contributed by atoms with Crippen molar-refractivity contribution in [3.63, 3.8) is 0 Å². The fourth-order valence-corrected chi connectivity index (χ4v) is 1.56. The van der Waals surface area contributed by atoms with Gasteiger partial charge in [-0.05, 0) is 24.6 Å². The van der Waals surface area contributed by atoms with Crippen LogP contribution in [-0.2, 0) is 6.42 Å².